The third-order valence-electron chi connectivity index (χ3n) is 5.61. The largest absolute Gasteiger partial charge is 0.462 e. The molecule has 1 fully saturated rings. The minimum atomic E-state index is -0.349. The van der Waals surface area contributed by atoms with Crippen LogP contribution in [0.25, 0.3) is 5.57 Å². The van der Waals surface area contributed by atoms with Gasteiger partial charge in [0.1, 0.15) is 0 Å². The molecule has 0 aromatic carbocycles. The van der Waals surface area contributed by atoms with Gasteiger partial charge in [0.2, 0.25) is 5.13 Å². The molecular formula is C21H29N3O3S. The molecule has 4 rings (SSSR count). The summed E-state index contributed by atoms with van der Waals surface area (Å²) in [7, 11) is 5.57. The van der Waals surface area contributed by atoms with E-state index in [9.17, 15) is 4.79 Å². The second kappa shape index (κ2) is 8.57. The van der Waals surface area contributed by atoms with Crippen molar-refractivity contribution >= 4 is 34.3 Å². The lowest BCUT2D eigenvalue weighted by Gasteiger charge is -2.48. The predicted molar refractivity (Wildman–Crippen MR) is 113 cm³/mol. The smallest absolute Gasteiger partial charge is 0.340 e. The Morgan fingerprint density at radius 1 is 1.50 bits per heavy atom. The maximum Gasteiger partial charge on any atom is 0.340 e. The van der Waals surface area contributed by atoms with Crippen molar-refractivity contribution in [2.75, 3.05) is 27.8 Å². The number of hydrogen-bond acceptors (Lipinski definition) is 6. The highest BCUT2D eigenvalue weighted by molar-refractivity contribution is 7.13. The first-order chi connectivity index (χ1) is 13.4. The van der Waals surface area contributed by atoms with Gasteiger partial charge in [-0.2, -0.15) is 0 Å². The van der Waals surface area contributed by atoms with Crippen LogP contribution in [-0.4, -0.2) is 55.6 Å². The Balaban J connectivity index is 2.02. The van der Waals surface area contributed by atoms with Crippen molar-refractivity contribution in [3.05, 3.63) is 28.8 Å². The monoisotopic (exact) mass is 403 g/mol. The van der Waals surface area contributed by atoms with Crippen LogP contribution in [0.3, 0.4) is 0 Å². The Morgan fingerprint density at radius 2 is 2.29 bits per heavy atom. The van der Waals surface area contributed by atoms with Gasteiger partial charge in [-0.3, -0.25) is 0 Å². The number of allylic oxidation sites excluding steroid dienone is 1. The van der Waals surface area contributed by atoms with Crippen molar-refractivity contribution in [3.8, 4) is 0 Å². The van der Waals surface area contributed by atoms with Crippen LogP contribution in [0.5, 0.6) is 0 Å². The first kappa shape index (κ1) is 20.7. The van der Waals surface area contributed by atoms with E-state index in [2.05, 4.69) is 22.1 Å². The molecule has 1 aromatic rings. The first-order valence-corrected chi connectivity index (χ1v) is 10.6. The van der Waals surface area contributed by atoms with E-state index in [1.807, 2.05) is 38.2 Å². The summed E-state index contributed by atoms with van der Waals surface area (Å²) < 4.78 is 11.4. The minimum Gasteiger partial charge on any atom is -0.462 e. The van der Waals surface area contributed by atoms with Crippen LogP contribution in [0, 0.1) is 11.8 Å². The maximum atomic E-state index is 12.9. The summed E-state index contributed by atoms with van der Waals surface area (Å²) in [5.41, 5.74) is 1.82. The summed E-state index contributed by atoms with van der Waals surface area (Å²) in [6, 6.07) is 0. The molecule has 1 aromatic heterocycles. The Morgan fingerprint density at radius 3 is 2.89 bits per heavy atom. The number of hydrogen-bond donors (Lipinski definition) is 0. The van der Waals surface area contributed by atoms with E-state index in [-0.39, 0.29) is 17.5 Å². The topological polar surface area (TPSA) is 64.0 Å². The van der Waals surface area contributed by atoms with Crippen LogP contribution in [-0.2, 0) is 14.3 Å². The van der Waals surface area contributed by atoms with Crippen molar-refractivity contribution < 1.29 is 14.3 Å². The fraction of sp³-hybridized carbons (Fsp3) is 0.571. The van der Waals surface area contributed by atoms with E-state index in [4.69, 9.17) is 9.47 Å². The van der Waals surface area contributed by atoms with E-state index in [1.54, 1.807) is 13.4 Å². The summed E-state index contributed by atoms with van der Waals surface area (Å²) in [4.78, 5) is 23.7. The molecule has 3 aliphatic carbocycles. The Hall–Kier alpha value is -1.99. The highest BCUT2D eigenvalue weighted by Gasteiger charge is 2.46. The van der Waals surface area contributed by atoms with Crippen LogP contribution in [0.2, 0.25) is 0 Å². The molecule has 0 N–H and O–H groups in total. The van der Waals surface area contributed by atoms with E-state index in [0.717, 1.165) is 24.8 Å². The summed E-state index contributed by atoms with van der Waals surface area (Å²) in [5.74, 6) is 0.345. The number of fused-ring (bicyclic) bond motifs is 2. The number of carbonyl (C=O) groups excluding carboxylic acids is 1. The molecule has 6 nitrogen and oxygen atoms in total. The third-order valence-corrected chi connectivity index (χ3v) is 6.36. The molecule has 1 saturated carbocycles. The normalized spacial score (nSPS) is 27.2. The van der Waals surface area contributed by atoms with Crippen molar-refractivity contribution in [3.63, 3.8) is 0 Å². The molecule has 0 aliphatic heterocycles. The van der Waals surface area contributed by atoms with Gasteiger partial charge in [-0.15, -0.1) is 11.3 Å². The molecule has 0 radical (unpaired) electrons. The second-order valence-corrected chi connectivity index (χ2v) is 8.44. The average Bonchev–Trinajstić information content (AvgIpc) is 3.16. The second-order valence-electron chi connectivity index (χ2n) is 7.61. The molecular weight excluding hydrogens is 374 g/mol. The quantitative estimate of drug-likeness (QED) is 0.226. The molecule has 28 heavy (non-hydrogen) atoms. The van der Waals surface area contributed by atoms with Gasteiger partial charge in [-0.1, -0.05) is 17.7 Å². The van der Waals surface area contributed by atoms with E-state index >= 15 is 0 Å². The molecule has 1 heterocycles. The standard InChI is InChI=1S/C21H29N3O3S/c1-6-27-19(25)18(17-12-28-20(23-17)22-13-24(3)4)14(2)16-11-15-7-9-21(16,26-5)10-8-15/h7,9,12-13,15-16H,6,8,10-11H2,1-5H3. The maximum absolute atomic E-state index is 12.9. The van der Waals surface area contributed by atoms with Gasteiger partial charge < -0.3 is 14.4 Å². The molecule has 2 bridgehead atoms. The number of aliphatic imine (C=N–C) groups is 1. The molecule has 3 atom stereocenters. The zero-order valence-electron chi connectivity index (χ0n) is 17.3. The lowest BCUT2D eigenvalue weighted by Crippen LogP contribution is -2.46. The molecule has 0 amide bonds. The third kappa shape index (κ3) is 4.05. The summed E-state index contributed by atoms with van der Waals surface area (Å²) in [6.45, 7) is 4.17. The Labute approximate surface area is 171 Å². The van der Waals surface area contributed by atoms with Gasteiger partial charge in [0.15, 0.2) is 0 Å². The van der Waals surface area contributed by atoms with Crippen LogP contribution in [0.1, 0.15) is 38.8 Å². The van der Waals surface area contributed by atoms with Gasteiger partial charge in [0.05, 0.1) is 29.8 Å². The van der Waals surface area contributed by atoms with Crippen LogP contribution < -0.4 is 0 Å². The Bertz CT molecular complexity index is 812. The number of ether oxygens (including phenoxy) is 2. The van der Waals surface area contributed by atoms with Crippen molar-refractivity contribution in [1.29, 1.82) is 0 Å². The molecule has 3 aliphatic rings. The summed E-state index contributed by atoms with van der Waals surface area (Å²) in [6.07, 6.45) is 9.23. The highest BCUT2D eigenvalue weighted by Crippen LogP contribution is 2.49. The van der Waals surface area contributed by atoms with Gasteiger partial charge in [-0.05, 0) is 39.0 Å². The number of carbonyl (C=O) groups is 1. The van der Waals surface area contributed by atoms with Gasteiger partial charge >= 0.3 is 5.97 Å². The predicted octanol–water partition coefficient (Wildman–Crippen LogP) is 4.07. The lowest BCUT2D eigenvalue weighted by molar-refractivity contribution is -0.136. The zero-order chi connectivity index (χ0) is 20.3. The lowest BCUT2D eigenvalue weighted by atomic mass is 9.63. The van der Waals surface area contributed by atoms with Crippen molar-refractivity contribution in [2.24, 2.45) is 16.8 Å². The van der Waals surface area contributed by atoms with Crippen molar-refractivity contribution in [1.82, 2.24) is 9.88 Å². The molecule has 152 valence electrons. The van der Waals surface area contributed by atoms with E-state index in [1.165, 1.54) is 11.3 Å². The molecule has 7 heteroatoms. The zero-order valence-corrected chi connectivity index (χ0v) is 18.1. The first-order valence-electron chi connectivity index (χ1n) is 9.69. The number of rotatable bonds is 7. The SMILES string of the molecule is CCOC(=O)C(=C(C)C1CC2C=CC1(OC)CC2)c1csc(N=CN(C)C)n1. The van der Waals surface area contributed by atoms with Crippen molar-refractivity contribution in [2.45, 2.75) is 38.7 Å². The Kier molecular flexibility index (Phi) is 6.35. The van der Waals surface area contributed by atoms with E-state index < -0.39 is 0 Å². The number of nitrogens with zero attached hydrogens (tertiary/aromatic N) is 3. The van der Waals surface area contributed by atoms with Gasteiger partial charge in [-0.25, -0.2) is 14.8 Å². The van der Waals surface area contributed by atoms with Gasteiger partial charge in [0.25, 0.3) is 0 Å². The number of esters is 1. The van der Waals surface area contributed by atoms with Gasteiger partial charge in [0, 0.05) is 32.5 Å². The molecule has 3 unspecified atom stereocenters. The minimum absolute atomic E-state index is 0.135. The van der Waals surface area contributed by atoms with Crippen LogP contribution >= 0.6 is 11.3 Å². The molecule has 0 saturated heterocycles. The molecule has 0 spiro atoms. The summed E-state index contributed by atoms with van der Waals surface area (Å²) >= 11 is 1.42. The highest BCUT2D eigenvalue weighted by atomic mass is 32.1. The fourth-order valence-electron chi connectivity index (χ4n) is 4.18. The fourth-order valence-corrected chi connectivity index (χ4v) is 4.83. The number of methoxy groups -OCH3 is 1. The van der Waals surface area contributed by atoms with E-state index in [0.29, 0.717) is 28.9 Å². The average molecular weight is 404 g/mol. The number of thiazole rings is 1. The van der Waals surface area contributed by atoms with Crippen LogP contribution in [0.4, 0.5) is 5.13 Å². The van der Waals surface area contributed by atoms with Crippen LogP contribution in [0.15, 0.2) is 28.1 Å². The summed E-state index contributed by atoms with van der Waals surface area (Å²) in [5, 5.41) is 2.50. The number of aromatic nitrogens is 1.